The number of carbonyl (C=O) groups excluding carboxylic acids is 1. The van der Waals surface area contributed by atoms with Crippen LogP contribution in [-0.4, -0.2) is 16.7 Å². The van der Waals surface area contributed by atoms with Crippen LogP contribution in [-0.2, 0) is 16.1 Å². The number of aliphatic hydroxyl groups is 1. The van der Waals surface area contributed by atoms with Crippen molar-refractivity contribution in [3.8, 4) is 0 Å². The molecule has 0 radical (unpaired) electrons. The van der Waals surface area contributed by atoms with E-state index in [2.05, 4.69) is 15.9 Å². The largest absolute Gasteiger partial charge is 0.461 e. The number of ether oxygens (including phenoxy) is 1. The van der Waals surface area contributed by atoms with Gasteiger partial charge in [-0.25, -0.2) is 4.39 Å². The van der Waals surface area contributed by atoms with E-state index in [0.29, 0.717) is 28.3 Å². The highest BCUT2D eigenvalue weighted by Crippen LogP contribution is 2.62. The summed E-state index contributed by atoms with van der Waals surface area (Å²) in [4.78, 5) is 12.3. The molecular weight excluding hydrogens is 375 g/mol. The summed E-state index contributed by atoms with van der Waals surface area (Å²) >= 11 is 3.21. The molecule has 4 aliphatic carbocycles. The lowest BCUT2D eigenvalue weighted by Gasteiger charge is -2.60. The summed E-state index contributed by atoms with van der Waals surface area (Å²) in [5, 5.41) is 10.7. The predicted molar refractivity (Wildman–Crippen MR) is 90.6 cm³/mol. The summed E-state index contributed by atoms with van der Waals surface area (Å²) in [6, 6.07) is 4.73. The molecule has 2 unspecified atom stereocenters. The molecule has 4 aliphatic rings. The molecule has 0 amide bonds. The van der Waals surface area contributed by atoms with Crippen LogP contribution in [0.25, 0.3) is 0 Å². The second-order valence-corrected chi connectivity index (χ2v) is 9.17. The van der Waals surface area contributed by atoms with Crippen molar-refractivity contribution in [3.63, 3.8) is 0 Å². The van der Waals surface area contributed by atoms with Crippen LogP contribution < -0.4 is 0 Å². The van der Waals surface area contributed by atoms with Gasteiger partial charge in [-0.2, -0.15) is 0 Å². The van der Waals surface area contributed by atoms with E-state index in [1.165, 1.54) is 12.5 Å². The van der Waals surface area contributed by atoms with Gasteiger partial charge in [-0.1, -0.05) is 22.0 Å². The fraction of sp³-hybridized carbons (Fsp3) is 0.632. The Balaban J connectivity index is 1.39. The molecule has 130 valence electrons. The number of carbonyl (C=O) groups is 1. The van der Waals surface area contributed by atoms with Crippen molar-refractivity contribution in [2.24, 2.45) is 17.3 Å². The molecule has 0 saturated heterocycles. The van der Waals surface area contributed by atoms with Gasteiger partial charge in [-0.05, 0) is 67.9 Å². The third-order valence-corrected chi connectivity index (χ3v) is 6.57. The Morgan fingerprint density at radius 3 is 2.62 bits per heavy atom. The zero-order valence-corrected chi connectivity index (χ0v) is 15.1. The number of hydrogen-bond acceptors (Lipinski definition) is 3. The molecule has 5 heteroatoms. The molecule has 1 N–H and O–H groups in total. The Bertz CT molecular complexity index is 661. The molecule has 4 atom stereocenters. The van der Waals surface area contributed by atoms with Gasteiger partial charge in [0.2, 0.25) is 0 Å². The first kappa shape index (κ1) is 16.5. The van der Waals surface area contributed by atoms with Gasteiger partial charge >= 0.3 is 5.97 Å². The van der Waals surface area contributed by atoms with Gasteiger partial charge in [0.05, 0.1) is 12.0 Å². The average molecular weight is 397 g/mol. The van der Waals surface area contributed by atoms with Crippen LogP contribution in [0.2, 0.25) is 0 Å². The Morgan fingerprint density at radius 2 is 2.00 bits per heavy atom. The lowest BCUT2D eigenvalue weighted by atomic mass is 9.47. The van der Waals surface area contributed by atoms with E-state index < -0.39 is 5.60 Å². The van der Waals surface area contributed by atoms with Crippen molar-refractivity contribution in [1.29, 1.82) is 0 Å². The Labute approximate surface area is 149 Å². The molecule has 0 aliphatic heterocycles. The lowest BCUT2D eigenvalue weighted by Crippen LogP contribution is -2.56. The van der Waals surface area contributed by atoms with E-state index in [-0.39, 0.29) is 23.8 Å². The normalized spacial score (nSPS) is 36.8. The smallest absolute Gasteiger partial charge is 0.306 e. The summed E-state index contributed by atoms with van der Waals surface area (Å²) in [6.45, 7) is -0.0366. The van der Waals surface area contributed by atoms with Crippen molar-refractivity contribution < 1.29 is 19.0 Å². The third kappa shape index (κ3) is 3.13. The van der Waals surface area contributed by atoms with Gasteiger partial charge in [0.25, 0.3) is 0 Å². The highest BCUT2D eigenvalue weighted by atomic mass is 79.9. The summed E-state index contributed by atoms with van der Waals surface area (Å²) < 4.78 is 19.8. The van der Waals surface area contributed by atoms with Crippen LogP contribution in [0.4, 0.5) is 4.39 Å². The van der Waals surface area contributed by atoms with Crippen LogP contribution in [0.5, 0.6) is 0 Å². The second-order valence-electron chi connectivity index (χ2n) is 8.26. The molecular formula is C19H22BrFO3. The van der Waals surface area contributed by atoms with Crippen molar-refractivity contribution in [2.75, 3.05) is 0 Å². The quantitative estimate of drug-likeness (QED) is 0.769. The summed E-state index contributed by atoms with van der Waals surface area (Å²) in [5.41, 5.74) is -0.285. The minimum absolute atomic E-state index is 0.0366. The second kappa shape index (κ2) is 5.80. The first-order valence-electron chi connectivity index (χ1n) is 8.67. The molecule has 4 bridgehead atoms. The van der Waals surface area contributed by atoms with E-state index in [1.807, 2.05) is 0 Å². The standard InChI is InChI=1S/C19H22BrFO3/c20-15-2-1-14(16(21)4-15)10-24-17(22)9-18-5-12-3-13(6-18)8-19(23,7-12)11-18/h1-2,4,12-13,23H,3,5-11H2/t12-,13+,18?,19?. The van der Waals surface area contributed by atoms with Gasteiger partial charge in [0.1, 0.15) is 12.4 Å². The molecule has 4 saturated carbocycles. The van der Waals surface area contributed by atoms with E-state index >= 15 is 0 Å². The van der Waals surface area contributed by atoms with E-state index in [9.17, 15) is 14.3 Å². The van der Waals surface area contributed by atoms with Crippen molar-refractivity contribution in [3.05, 3.63) is 34.1 Å². The van der Waals surface area contributed by atoms with Crippen LogP contribution in [0.15, 0.2) is 22.7 Å². The van der Waals surface area contributed by atoms with Crippen LogP contribution >= 0.6 is 15.9 Å². The maximum Gasteiger partial charge on any atom is 0.306 e. The third-order valence-electron chi connectivity index (χ3n) is 6.07. The molecule has 0 spiro atoms. The number of hydrogen-bond donors (Lipinski definition) is 1. The molecule has 1 aromatic carbocycles. The maximum atomic E-state index is 13.8. The minimum atomic E-state index is -0.567. The van der Waals surface area contributed by atoms with Crippen molar-refractivity contribution >= 4 is 21.9 Å². The number of rotatable bonds is 4. The Kier molecular flexibility index (Phi) is 4.00. The molecule has 0 aromatic heterocycles. The fourth-order valence-electron chi connectivity index (χ4n) is 5.76. The van der Waals surface area contributed by atoms with Crippen LogP contribution in [0, 0.1) is 23.1 Å². The zero-order chi connectivity index (χ0) is 16.9. The monoisotopic (exact) mass is 396 g/mol. The Hall–Kier alpha value is -0.940. The Morgan fingerprint density at radius 1 is 1.29 bits per heavy atom. The van der Waals surface area contributed by atoms with Gasteiger partial charge in [-0.15, -0.1) is 0 Å². The molecule has 3 nitrogen and oxygen atoms in total. The van der Waals surface area contributed by atoms with Crippen LogP contribution in [0.3, 0.4) is 0 Å². The molecule has 1 aromatic rings. The van der Waals surface area contributed by atoms with Crippen molar-refractivity contribution in [2.45, 2.75) is 57.2 Å². The SMILES string of the molecule is O=C(CC12C[C@@H]3C[C@@H](CC(O)(C3)C1)C2)OCc1ccc(Br)cc1F. The van der Waals surface area contributed by atoms with Gasteiger partial charge in [0, 0.05) is 10.0 Å². The summed E-state index contributed by atoms with van der Waals surface area (Å²) in [5.74, 6) is 0.449. The summed E-state index contributed by atoms with van der Waals surface area (Å²) in [6.07, 6.45) is 6.09. The number of esters is 1. The van der Waals surface area contributed by atoms with Gasteiger partial charge < -0.3 is 9.84 Å². The average Bonchev–Trinajstić information content (AvgIpc) is 2.43. The van der Waals surface area contributed by atoms with Gasteiger partial charge in [0.15, 0.2) is 0 Å². The van der Waals surface area contributed by atoms with Crippen LogP contribution in [0.1, 0.15) is 50.5 Å². The highest BCUT2D eigenvalue weighted by Gasteiger charge is 2.57. The first-order valence-corrected chi connectivity index (χ1v) is 9.46. The van der Waals surface area contributed by atoms with Crippen molar-refractivity contribution in [1.82, 2.24) is 0 Å². The fourth-order valence-corrected chi connectivity index (χ4v) is 6.10. The van der Waals surface area contributed by atoms with E-state index in [0.717, 1.165) is 32.1 Å². The maximum absolute atomic E-state index is 13.8. The molecule has 0 heterocycles. The topological polar surface area (TPSA) is 46.5 Å². The molecule has 24 heavy (non-hydrogen) atoms. The molecule has 5 rings (SSSR count). The number of benzene rings is 1. The van der Waals surface area contributed by atoms with Gasteiger partial charge in [-0.3, -0.25) is 4.79 Å². The first-order chi connectivity index (χ1) is 11.3. The zero-order valence-electron chi connectivity index (χ0n) is 13.6. The minimum Gasteiger partial charge on any atom is -0.461 e. The highest BCUT2D eigenvalue weighted by molar-refractivity contribution is 9.10. The van der Waals surface area contributed by atoms with E-state index in [4.69, 9.17) is 4.74 Å². The number of halogens is 2. The lowest BCUT2D eigenvalue weighted by molar-refractivity contribution is -0.177. The van der Waals surface area contributed by atoms with E-state index in [1.54, 1.807) is 12.1 Å². The molecule has 4 fully saturated rings. The predicted octanol–water partition coefficient (Wildman–Crippen LogP) is 4.35. The summed E-state index contributed by atoms with van der Waals surface area (Å²) in [7, 11) is 0.